The zero-order valence-electron chi connectivity index (χ0n) is 14.6. The number of nitrogens with one attached hydrogen (secondary N) is 1. The molecule has 148 valence electrons. The molecule has 0 unspecified atom stereocenters. The Labute approximate surface area is 164 Å². The lowest BCUT2D eigenvalue weighted by Crippen LogP contribution is -2.22. The van der Waals surface area contributed by atoms with Crippen molar-refractivity contribution in [1.29, 1.82) is 0 Å². The van der Waals surface area contributed by atoms with E-state index in [0.29, 0.717) is 35.0 Å². The van der Waals surface area contributed by atoms with Crippen LogP contribution in [0.5, 0.6) is 0 Å². The van der Waals surface area contributed by atoms with Crippen LogP contribution >= 0.6 is 11.3 Å². The molecule has 0 aliphatic heterocycles. The number of aryl methyl sites for hydroxylation is 1. The largest absolute Gasteiger partial charge is 0.351 e. The van der Waals surface area contributed by atoms with E-state index in [1.54, 1.807) is 18.2 Å². The summed E-state index contributed by atoms with van der Waals surface area (Å²) in [7, 11) is -3.72. The van der Waals surface area contributed by atoms with Crippen LogP contribution in [0.1, 0.15) is 23.6 Å². The molecule has 11 heteroatoms. The third kappa shape index (κ3) is 5.44. The van der Waals surface area contributed by atoms with E-state index in [9.17, 15) is 17.6 Å². The van der Waals surface area contributed by atoms with Crippen molar-refractivity contribution < 1.29 is 22.1 Å². The normalized spacial score (nSPS) is 11.5. The molecule has 8 nitrogen and oxygen atoms in total. The average molecular weight is 424 g/mol. The average Bonchev–Trinajstić information content (AvgIpc) is 3.30. The number of sulfonamides is 1. The highest BCUT2D eigenvalue weighted by molar-refractivity contribution is 7.91. The van der Waals surface area contributed by atoms with E-state index in [4.69, 9.17) is 9.66 Å². The highest BCUT2D eigenvalue weighted by Gasteiger charge is 2.12. The minimum atomic E-state index is -3.72. The van der Waals surface area contributed by atoms with E-state index in [1.165, 1.54) is 18.2 Å². The Morgan fingerprint density at radius 1 is 1.21 bits per heavy atom. The summed E-state index contributed by atoms with van der Waals surface area (Å²) in [4.78, 5) is 16.8. The molecule has 0 bridgehead atoms. The summed E-state index contributed by atoms with van der Waals surface area (Å²) in [5.41, 5.74) is 0.643. The molecule has 2 aromatic heterocycles. The van der Waals surface area contributed by atoms with E-state index in [0.717, 1.165) is 11.3 Å². The molecule has 0 saturated carbocycles. The summed E-state index contributed by atoms with van der Waals surface area (Å²) in [5.74, 6) is 0.233. The zero-order chi connectivity index (χ0) is 20.1. The lowest BCUT2D eigenvalue weighted by Gasteiger charge is -2.02. The molecule has 0 radical (unpaired) electrons. The Morgan fingerprint density at radius 2 is 1.96 bits per heavy atom. The number of nitrogens with zero attached hydrogens (tertiary/aromatic N) is 2. The number of nitrogens with two attached hydrogens (primary N) is 1. The number of carbonyl (C=O) groups excluding carboxylic acids is 1. The molecule has 0 atom stereocenters. The van der Waals surface area contributed by atoms with Gasteiger partial charge < -0.3 is 9.84 Å². The maximum absolute atomic E-state index is 12.9. The highest BCUT2D eigenvalue weighted by Crippen LogP contribution is 2.20. The summed E-state index contributed by atoms with van der Waals surface area (Å²) in [5, 5.41) is 11.6. The van der Waals surface area contributed by atoms with E-state index in [2.05, 4.69) is 15.5 Å². The van der Waals surface area contributed by atoms with Crippen molar-refractivity contribution >= 4 is 27.3 Å². The van der Waals surface area contributed by atoms with Crippen LogP contribution in [0.3, 0.4) is 0 Å². The van der Waals surface area contributed by atoms with Crippen molar-refractivity contribution in [3.8, 4) is 11.4 Å². The number of carbonyl (C=O) groups is 1. The smallest absolute Gasteiger partial charge is 0.247 e. The third-order valence-electron chi connectivity index (χ3n) is 3.74. The molecule has 28 heavy (non-hydrogen) atoms. The van der Waals surface area contributed by atoms with Gasteiger partial charge in [-0.25, -0.2) is 17.9 Å². The number of hydrogen-bond acceptors (Lipinski definition) is 7. The molecule has 3 rings (SSSR count). The second-order valence-electron chi connectivity index (χ2n) is 5.91. The van der Waals surface area contributed by atoms with Crippen LogP contribution in [0.4, 0.5) is 4.39 Å². The number of aromatic nitrogens is 2. The Kier molecular flexibility index (Phi) is 6.17. The number of benzene rings is 1. The van der Waals surface area contributed by atoms with Gasteiger partial charge in [0.05, 0.1) is 6.54 Å². The summed E-state index contributed by atoms with van der Waals surface area (Å²) in [6, 6.07) is 8.77. The lowest BCUT2D eigenvalue weighted by atomic mass is 10.2. The summed E-state index contributed by atoms with van der Waals surface area (Å²) in [6.07, 6.45) is 1.18. The van der Waals surface area contributed by atoms with Gasteiger partial charge in [-0.1, -0.05) is 5.16 Å². The van der Waals surface area contributed by atoms with Crippen LogP contribution in [-0.4, -0.2) is 24.5 Å². The predicted molar refractivity (Wildman–Crippen MR) is 100 cm³/mol. The molecule has 0 saturated heterocycles. The van der Waals surface area contributed by atoms with Gasteiger partial charge in [-0.2, -0.15) is 4.98 Å². The van der Waals surface area contributed by atoms with Crippen molar-refractivity contribution in [2.75, 3.05) is 0 Å². The fourth-order valence-corrected chi connectivity index (χ4v) is 4.07. The molecule has 2 heterocycles. The Bertz CT molecular complexity index is 1060. The van der Waals surface area contributed by atoms with Gasteiger partial charge in [-0.15, -0.1) is 11.3 Å². The Morgan fingerprint density at radius 3 is 2.64 bits per heavy atom. The minimum Gasteiger partial charge on any atom is -0.351 e. The molecule has 0 fully saturated rings. The number of primary sulfonamides is 1. The summed E-state index contributed by atoms with van der Waals surface area (Å²) < 4.78 is 40.6. The molecule has 3 N–H and O–H groups in total. The van der Waals surface area contributed by atoms with Crippen LogP contribution in [0, 0.1) is 5.82 Å². The van der Waals surface area contributed by atoms with Gasteiger partial charge in [-0.3, -0.25) is 4.79 Å². The maximum atomic E-state index is 12.9. The van der Waals surface area contributed by atoms with Crippen LogP contribution in [0.15, 0.2) is 45.1 Å². The first-order valence-corrected chi connectivity index (χ1v) is 10.6. The van der Waals surface area contributed by atoms with Gasteiger partial charge in [0.1, 0.15) is 10.0 Å². The molecule has 0 aliphatic rings. The minimum absolute atomic E-state index is 0.0603. The van der Waals surface area contributed by atoms with Gasteiger partial charge in [0.2, 0.25) is 27.6 Å². The van der Waals surface area contributed by atoms with Gasteiger partial charge >= 0.3 is 0 Å². The number of thiophene rings is 1. The van der Waals surface area contributed by atoms with Crippen molar-refractivity contribution in [2.24, 2.45) is 5.14 Å². The van der Waals surface area contributed by atoms with Crippen molar-refractivity contribution in [1.82, 2.24) is 15.5 Å². The standard InChI is InChI=1S/C17H17FN4O4S2/c18-12-6-4-11(5-7-12)17-21-15(26-22-17)3-1-2-14(23)20-10-13-8-9-16(27-13)28(19,24)25/h4-9H,1-3,10H2,(H,20,23)(H2,19,24,25). The molecule has 3 aromatic rings. The number of rotatable bonds is 8. The van der Waals surface area contributed by atoms with E-state index < -0.39 is 10.0 Å². The quantitative estimate of drug-likeness (QED) is 0.571. The number of halogens is 1. The zero-order valence-corrected chi connectivity index (χ0v) is 16.2. The first-order chi connectivity index (χ1) is 13.3. The summed E-state index contributed by atoms with van der Waals surface area (Å²) >= 11 is 1.02. The highest BCUT2D eigenvalue weighted by atomic mass is 32.2. The SMILES string of the molecule is NS(=O)(=O)c1ccc(CNC(=O)CCCc2nc(-c3ccc(F)cc3)no2)s1. The lowest BCUT2D eigenvalue weighted by molar-refractivity contribution is -0.121. The Hall–Kier alpha value is -2.63. The van der Waals surface area contributed by atoms with E-state index >= 15 is 0 Å². The second-order valence-corrected chi connectivity index (χ2v) is 8.87. The number of amides is 1. The molecular weight excluding hydrogens is 407 g/mol. The van der Waals surface area contributed by atoms with Crippen LogP contribution in [0.25, 0.3) is 11.4 Å². The molecule has 0 aliphatic carbocycles. The van der Waals surface area contributed by atoms with Crippen LogP contribution < -0.4 is 10.5 Å². The van der Waals surface area contributed by atoms with Crippen molar-refractivity contribution in [2.45, 2.75) is 30.0 Å². The van der Waals surface area contributed by atoms with E-state index in [1.807, 2.05) is 0 Å². The van der Waals surface area contributed by atoms with Crippen LogP contribution in [0.2, 0.25) is 0 Å². The second kappa shape index (κ2) is 8.59. The van der Waals surface area contributed by atoms with Gasteiger partial charge in [-0.05, 0) is 42.8 Å². The van der Waals surface area contributed by atoms with Crippen LogP contribution in [-0.2, 0) is 27.8 Å². The first kappa shape index (κ1) is 20.1. The van der Waals surface area contributed by atoms with Crippen molar-refractivity contribution in [3.63, 3.8) is 0 Å². The van der Waals surface area contributed by atoms with E-state index in [-0.39, 0.29) is 28.9 Å². The van der Waals surface area contributed by atoms with Crippen molar-refractivity contribution in [3.05, 3.63) is 53.0 Å². The topological polar surface area (TPSA) is 128 Å². The first-order valence-electron chi connectivity index (χ1n) is 8.28. The predicted octanol–water partition coefficient (Wildman–Crippen LogP) is 2.22. The fourth-order valence-electron chi connectivity index (χ4n) is 2.35. The number of hydrogen-bond donors (Lipinski definition) is 2. The maximum Gasteiger partial charge on any atom is 0.247 e. The Balaban J connectivity index is 1.43. The monoisotopic (exact) mass is 424 g/mol. The molecule has 1 aromatic carbocycles. The molecule has 1 amide bonds. The summed E-state index contributed by atoms with van der Waals surface area (Å²) in [6.45, 7) is 0.230. The third-order valence-corrected chi connectivity index (χ3v) is 6.27. The van der Waals surface area contributed by atoms with Gasteiger partial charge in [0, 0.05) is 23.3 Å². The van der Waals surface area contributed by atoms with Gasteiger partial charge in [0.15, 0.2) is 0 Å². The van der Waals surface area contributed by atoms with Gasteiger partial charge in [0.25, 0.3) is 0 Å². The fraction of sp³-hybridized carbons (Fsp3) is 0.235. The molecule has 0 spiro atoms. The molecular formula is C17H17FN4O4S2.